The van der Waals surface area contributed by atoms with Crippen LogP contribution in [0, 0.1) is 0 Å². The molecule has 0 saturated heterocycles. The van der Waals surface area contributed by atoms with Gasteiger partial charge in [-0.15, -0.1) is 0 Å². The van der Waals surface area contributed by atoms with Crippen molar-refractivity contribution >= 4 is 33.5 Å². The van der Waals surface area contributed by atoms with E-state index in [2.05, 4.69) is 39.0 Å². The van der Waals surface area contributed by atoms with Crippen molar-refractivity contribution in [3.05, 3.63) is 120 Å². The molecule has 5 aromatic carbocycles. The van der Waals surface area contributed by atoms with Gasteiger partial charge in [-0.1, -0.05) is 93.6 Å². The molecular weight excluding hydrogens is 564 g/mol. The van der Waals surface area contributed by atoms with Crippen LogP contribution in [0.2, 0.25) is 0 Å². The first-order chi connectivity index (χ1) is 21.7. The average Bonchev–Trinajstić information content (AvgIpc) is 3.06. The van der Waals surface area contributed by atoms with Crippen LogP contribution in [0.25, 0.3) is 21.5 Å². The van der Waals surface area contributed by atoms with Gasteiger partial charge in [0.1, 0.15) is 36.9 Å². The summed E-state index contributed by atoms with van der Waals surface area (Å²) < 4.78 is 24.4. The van der Waals surface area contributed by atoms with Crippen molar-refractivity contribution in [3.8, 4) is 11.5 Å². The molecule has 2 unspecified atom stereocenters. The molecule has 0 aliphatic heterocycles. The van der Waals surface area contributed by atoms with Crippen molar-refractivity contribution in [2.45, 2.75) is 58.7 Å². The van der Waals surface area contributed by atoms with Gasteiger partial charge in [0.25, 0.3) is 0 Å². The molecule has 0 amide bonds. The van der Waals surface area contributed by atoms with Gasteiger partial charge in [-0.2, -0.15) is 0 Å². The van der Waals surface area contributed by atoms with Crippen molar-refractivity contribution in [2.24, 2.45) is 0 Å². The fraction of sp³-hybridized carbons (Fsp3) is 0.282. The second-order valence-electron chi connectivity index (χ2n) is 12.0. The Balaban J connectivity index is 1.47. The minimum Gasteiger partial charge on any atom is -0.488 e. The van der Waals surface area contributed by atoms with Crippen molar-refractivity contribution in [1.82, 2.24) is 0 Å². The minimum absolute atomic E-state index is 0.0587. The molecule has 0 aliphatic carbocycles. The van der Waals surface area contributed by atoms with Gasteiger partial charge in [0.2, 0.25) is 0 Å². The van der Waals surface area contributed by atoms with Crippen molar-refractivity contribution in [3.63, 3.8) is 0 Å². The van der Waals surface area contributed by atoms with Crippen LogP contribution in [0.3, 0.4) is 0 Å². The molecule has 0 heterocycles. The number of hydrogen-bond donors (Lipinski definition) is 0. The van der Waals surface area contributed by atoms with Crippen LogP contribution in [-0.2, 0) is 14.9 Å². The van der Waals surface area contributed by atoms with Crippen LogP contribution in [0.15, 0.2) is 103 Å². The normalized spacial score (nSPS) is 12.8. The monoisotopic (exact) mass is 604 g/mol. The van der Waals surface area contributed by atoms with Gasteiger partial charge in [-0.3, -0.25) is 0 Å². The Hall–Kier alpha value is -4.84. The highest BCUT2D eigenvalue weighted by Crippen LogP contribution is 2.44. The molecule has 0 N–H and O–H groups in total. The molecule has 0 aromatic heterocycles. The molecule has 232 valence electrons. The Morgan fingerprint density at radius 2 is 1.02 bits per heavy atom. The van der Waals surface area contributed by atoms with Gasteiger partial charge in [0.05, 0.1) is 11.1 Å². The van der Waals surface area contributed by atoms with E-state index in [1.54, 1.807) is 24.3 Å². The van der Waals surface area contributed by atoms with Crippen molar-refractivity contribution in [1.29, 1.82) is 0 Å². The van der Waals surface area contributed by atoms with Gasteiger partial charge in [0.15, 0.2) is 0 Å². The highest BCUT2D eigenvalue weighted by Gasteiger charge is 2.23. The molecule has 6 nitrogen and oxygen atoms in total. The number of rotatable bonds is 12. The summed E-state index contributed by atoms with van der Waals surface area (Å²) in [5.74, 6) is 0.616. The number of fused-ring (bicyclic) bond motifs is 2. The predicted octanol–water partition coefficient (Wildman–Crippen LogP) is 8.93. The van der Waals surface area contributed by atoms with Gasteiger partial charge < -0.3 is 18.9 Å². The van der Waals surface area contributed by atoms with Crippen LogP contribution < -0.4 is 9.47 Å². The lowest BCUT2D eigenvalue weighted by Crippen LogP contribution is -2.23. The second-order valence-corrected chi connectivity index (χ2v) is 12.0. The summed E-state index contributed by atoms with van der Waals surface area (Å²) >= 11 is 0. The fourth-order valence-corrected chi connectivity index (χ4v) is 5.15. The first-order valence-electron chi connectivity index (χ1n) is 15.4. The van der Waals surface area contributed by atoms with Gasteiger partial charge in [-0.25, -0.2) is 9.59 Å². The van der Waals surface area contributed by atoms with E-state index < -0.39 is 18.2 Å². The summed E-state index contributed by atoms with van der Waals surface area (Å²) in [5.41, 5.74) is 2.11. The quantitative estimate of drug-likeness (QED) is 0.105. The molecule has 45 heavy (non-hydrogen) atoms. The molecule has 0 radical (unpaired) electrons. The number of hydrogen-bond acceptors (Lipinski definition) is 6. The number of ether oxygens (including phenoxy) is 4. The lowest BCUT2D eigenvalue weighted by Gasteiger charge is -2.25. The van der Waals surface area contributed by atoms with E-state index in [1.165, 1.54) is 5.56 Å². The topological polar surface area (TPSA) is 71.1 Å². The molecule has 0 spiro atoms. The molecule has 5 aromatic rings. The van der Waals surface area contributed by atoms with E-state index in [9.17, 15) is 9.59 Å². The van der Waals surface area contributed by atoms with E-state index in [4.69, 9.17) is 18.9 Å². The summed E-state index contributed by atoms with van der Waals surface area (Å²) in [5, 5.41) is 3.54. The smallest absolute Gasteiger partial charge is 0.338 e. The summed E-state index contributed by atoms with van der Waals surface area (Å²) in [6, 6.07) is 32.2. The number of carbonyl (C=O) groups is 2. The lowest BCUT2D eigenvalue weighted by molar-refractivity contribution is 0.0221. The highest BCUT2D eigenvalue weighted by atomic mass is 16.6. The molecule has 0 saturated carbocycles. The average molecular weight is 605 g/mol. The van der Waals surface area contributed by atoms with Crippen LogP contribution in [0.5, 0.6) is 11.5 Å². The SMILES string of the molecule is CCC(C)(C)c1ccc2c(OCC(C)OC(=O)c3ccccc3)c3ccccc3c(OCC(C)OC(=O)c3ccccc3)c2c1. The Morgan fingerprint density at radius 3 is 1.49 bits per heavy atom. The van der Waals surface area contributed by atoms with Gasteiger partial charge in [0, 0.05) is 21.5 Å². The van der Waals surface area contributed by atoms with Crippen LogP contribution >= 0.6 is 0 Å². The zero-order valence-corrected chi connectivity index (χ0v) is 26.5. The summed E-state index contributed by atoms with van der Waals surface area (Å²) in [7, 11) is 0. The van der Waals surface area contributed by atoms with Crippen molar-refractivity contribution < 1.29 is 28.5 Å². The van der Waals surface area contributed by atoms with Crippen molar-refractivity contribution in [2.75, 3.05) is 13.2 Å². The maximum Gasteiger partial charge on any atom is 0.338 e. The van der Waals surface area contributed by atoms with Crippen LogP contribution in [-0.4, -0.2) is 37.4 Å². The third kappa shape index (κ3) is 7.28. The largest absolute Gasteiger partial charge is 0.488 e. The minimum atomic E-state index is -0.488. The van der Waals surface area contributed by atoms with Gasteiger partial charge >= 0.3 is 11.9 Å². The number of carbonyl (C=O) groups excluding carboxylic acids is 2. The zero-order chi connectivity index (χ0) is 32.0. The molecule has 5 rings (SSSR count). The Labute approximate surface area is 264 Å². The molecular formula is C39H40O6. The standard InChI is InChI=1S/C39H40O6/c1-6-39(4,5)30-21-22-33-34(23-30)36(43-25-27(3)45-38(41)29-17-11-8-12-18-29)32-20-14-13-19-31(32)35(33)42-24-26(2)44-37(40)28-15-9-7-10-16-28/h7-23,26-27H,6,24-25H2,1-5H3. The maximum atomic E-state index is 12.7. The molecule has 0 bridgehead atoms. The molecule has 6 heteroatoms. The Bertz CT molecular complexity index is 1780. The third-order valence-corrected chi connectivity index (χ3v) is 8.15. The van der Waals surface area contributed by atoms with E-state index in [-0.39, 0.29) is 24.6 Å². The van der Waals surface area contributed by atoms with E-state index in [1.807, 2.05) is 74.5 Å². The van der Waals surface area contributed by atoms with Crippen LogP contribution in [0.4, 0.5) is 0 Å². The molecule has 0 fully saturated rings. The number of benzene rings is 5. The highest BCUT2D eigenvalue weighted by molar-refractivity contribution is 6.11. The number of esters is 2. The fourth-order valence-electron chi connectivity index (χ4n) is 5.15. The summed E-state index contributed by atoms with van der Waals surface area (Å²) in [6.45, 7) is 10.6. The van der Waals surface area contributed by atoms with E-state index in [0.29, 0.717) is 22.6 Å². The van der Waals surface area contributed by atoms with E-state index >= 15 is 0 Å². The molecule has 2 atom stereocenters. The van der Waals surface area contributed by atoms with Crippen LogP contribution in [0.1, 0.15) is 67.3 Å². The Morgan fingerprint density at radius 1 is 0.600 bits per heavy atom. The first-order valence-corrected chi connectivity index (χ1v) is 15.4. The lowest BCUT2D eigenvalue weighted by atomic mass is 9.81. The Kier molecular flexibility index (Phi) is 9.72. The zero-order valence-electron chi connectivity index (χ0n) is 26.5. The maximum absolute atomic E-state index is 12.7. The van der Waals surface area contributed by atoms with Gasteiger partial charge in [-0.05, 0) is 61.6 Å². The molecule has 0 aliphatic rings. The third-order valence-electron chi connectivity index (χ3n) is 8.15. The first kappa shape index (κ1) is 31.6. The predicted molar refractivity (Wildman–Crippen MR) is 178 cm³/mol. The van der Waals surface area contributed by atoms with E-state index in [0.717, 1.165) is 28.0 Å². The summed E-state index contributed by atoms with van der Waals surface area (Å²) in [6.07, 6.45) is -0.0127. The summed E-state index contributed by atoms with van der Waals surface area (Å²) in [4.78, 5) is 25.3. The second kappa shape index (κ2) is 13.9.